The zero-order chi connectivity index (χ0) is 17.1. The zero-order valence-corrected chi connectivity index (χ0v) is 13.3. The molecule has 126 valence electrons. The third-order valence-electron chi connectivity index (χ3n) is 3.45. The topological polar surface area (TPSA) is 120 Å². The summed E-state index contributed by atoms with van der Waals surface area (Å²) in [6.07, 6.45) is 2.42. The first-order valence-corrected chi connectivity index (χ1v) is 7.61. The van der Waals surface area contributed by atoms with E-state index in [1.54, 1.807) is 7.05 Å². The molecule has 0 aliphatic rings. The third-order valence-corrected chi connectivity index (χ3v) is 3.45. The highest BCUT2D eigenvalue weighted by molar-refractivity contribution is 5.84. The van der Waals surface area contributed by atoms with Gasteiger partial charge in [-0.3, -0.25) is 10.2 Å². The second-order valence-electron chi connectivity index (χ2n) is 5.26. The Labute approximate surface area is 136 Å². The van der Waals surface area contributed by atoms with Gasteiger partial charge in [0.15, 0.2) is 5.96 Å². The molecule has 1 aromatic rings. The molecule has 7 nitrogen and oxygen atoms in total. The van der Waals surface area contributed by atoms with Gasteiger partial charge in [-0.05, 0) is 31.9 Å². The summed E-state index contributed by atoms with van der Waals surface area (Å²) >= 11 is 0. The normalized spacial score (nSPS) is 12.9. The van der Waals surface area contributed by atoms with E-state index < -0.39 is 12.1 Å². The van der Waals surface area contributed by atoms with Crippen LogP contribution in [0.4, 0.5) is 0 Å². The summed E-state index contributed by atoms with van der Waals surface area (Å²) in [6, 6.07) is 8.77. The minimum absolute atomic E-state index is 0.102. The number of aldehydes is 1. The molecule has 1 amide bonds. The van der Waals surface area contributed by atoms with E-state index in [2.05, 4.69) is 16.0 Å². The van der Waals surface area contributed by atoms with Crippen molar-refractivity contribution in [3.63, 3.8) is 0 Å². The van der Waals surface area contributed by atoms with Crippen molar-refractivity contribution in [2.24, 2.45) is 5.73 Å². The van der Waals surface area contributed by atoms with Gasteiger partial charge in [-0.2, -0.15) is 0 Å². The Morgan fingerprint density at radius 3 is 2.61 bits per heavy atom. The molecule has 0 aromatic heterocycles. The maximum atomic E-state index is 12.3. The summed E-state index contributed by atoms with van der Waals surface area (Å²) in [5.74, 6) is -0.303. The summed E-state index contributed by atoms with van der Waals surface area (Å²) < 4.78 is 0. The standard InChI is InChI=1S/C16H25N5O2/c1-19-14(10-12-6-3-2-4-7-12)15(23)21-13(11-22)8-5-9-20-16(17)18/h2-4,6-7,11,13-14,19H,5,8-10H2,1H3,(H,21,23)(H4,17,18,20). The van der Waals surface area contributed by atoms with Gasteiger partial charge in [-0.15, -0.1) is 0 Å². The lowest BCUT2D eigenvalue weighted by Gasteiger charge is -2.19. The molecule has 2 unspecified atom stereocenters. The highest BCUT2D eigenvalue weighted by Crippen LogP contribution is 2.04. The smallest absolute Gasteiger partial charge is 0.238 e. The van der Waals surface area contributed by atoms with Crippen molar-refractivity contribution in [1.29, 1.82) is 5.41 Å². The number of nitrogens with one attached hydrogen (secondary N) is 4. The number of rotatable bonds is 10. The lowest BCUT2D eigenvalue weighted by molar-refractivity contribution is -0.125. The molecule has 0 saturated carbocycles. The largest absolute Gasteiger partial charge is 0.370 e. The summed E-state index contributed by atoms with van der Waals surface area (Å²) in [6.45, 7) is 0.495. The van der Waals surface area contributed by atoms with Crippen LogP contribution < -0.4 is 21.7 Å². The number of carbonyl (C=O) groups is 2. The molecule has 0 aliphatic heterocycles. The quantitative estimate of drug-likeness (QED) is 0.176. The Balaban J connectivity index is 2.46. The third kappa shape index (κ3) is 7.42. The second-order valence-corrected chi connectivity index (χ2v) is 5.26. The molecule has 1 rings (SSSR count). The van der Waals surface area contributed by atoms with Crippen LogP contribution in [0.15, 0.2) is 30.3 Å². The average molecular weight is 319 g/mol. The predicted octanol–water partition coefficient (Wildman–Crippen LogP) is -0.236. The summed E-state index contributed by atoms with van der Waals surface area (Å²) in [7, 11) is 1.72. The van der Waals surface area contributed by atoms with Crippen molar-refractivity contribution in [3.05, 3.63) is 35.9 Å². The number of amides is 1. The van der Waals surface area contributed by atoms with Gasteiger partial charge in [0, 0.05) is 6.54 Å². The van der Waals surface area contributed by atoms with Gasteiger partial charge in [0.05, 0.1) is 12.1 Å². The lowest BCUT2D eigenvalue weighted by Crippen LogP contribution is -2.48. The fraction of sp³-hybridized carbons (Fsp3) is 0.438. The second kappa shape index (κ2) is 10.3. The predicted molar refractivity (Wildman–Crippen MR) is 90.1 cm³/mol. The van der Waals surface area contributed by atoms with E-state index >= 15 is 0 Å². The Bertz CT molecular complexity index is 506. The maximum absolute atomic E-state index is 12.3. The minimum atomic E-state index is -0.539. The Kier molecular flexibility index (Phi) is 8.38. The van der Waals surface area contributed by atoms with Crippen LogP contribution in [0.5, 0.6) is 0 Å². The van der Waals surface area contributed by atoms with Crippen molar-refractivity contribution < 1.29 is 9.59 Å². The van der Waals surface area contributed by atoms with Gasteiger partial charge in [0.25, 0.3) is 0 Å². The molecule has 0 heterocycles. The van der Waals surface area contributed by atoms with E-state index in [-0.39, 0.29) is 11.9 Å². The molecule has 2 atom stereocenters. The highest BCUT2D eigenvalue weighted by atomic mass is 16.2. The molecule has 1 aromatic carbocycles. The molecule has 0 saturated heterocycles. The van der Waals surface area contributed by atoms with Crippen LogP contribution in [-0.2, 0) is 16.0 Å². The van der Waals surface area contributed by atoms with Crippen LogP contribution in [0.2, 0.25) is 0 Å². The molecule has 23 heavy (non-hydrogen) atoms. The Morgan fingerprint density at radius 1 is 1.35 bits per heavy atom. The van der Waals surface area contributed by atoms with Gasteiger partial charge >= 0.3 is 0 Å². The van der Waals surface area contributed by atoms with E-state index in [0.717, 1.165) is 11.8 Å². The molecule has 0 spiro atoms. The summed E-state index contributed by atoms with van der Waals surface area (Å²) in [5, 5.41) is 15.4. The number of nitrogens with two attached hydrogens (primary N) is 1. The highest BCUT2D eigenvalue weighted by Gasteiger charge is 2.20. The first-order chi connectivity index (χ1) is 11.1. The van der Waals surface area contributed by atoms with Crippen LogP contribution in [-0.4, -0.2) is 43.8 Å². The number of benzene rings is 1. The van der Waals surface area contributed by atoms with E-state index in [4.69, 9.17) is 11.1 Å². The number of carbonyl (C=O) groups excluding carboxylic acids is 2. The van der Waals surface area contributed by atoms with Crippen molar-refractivity contribution in [2.45, 2.75) is 31.3 Å². The molecule has 0 aliphatic carbocycles. The van der Waals surface area contributed by atoms with E-state index in [1.165, 1.54) is 0 Å². The lowest BCUT2D eigenvalue weighted by atomic mass is 10.0. The molecule has 0 fully saturated rings. The van der Waals surface area contributed by atoms with Crippen molar-refractivity contribution in [1.82, 2.24) is 16.0 Å². The van der Waals surface area contributed by atoms with Gasteiger partial charge in [-0.25, -0.2) is 0 Å². The molecular weight excluding hydrogens is 294 g/mol. The van der Waals surface area contributed by atoms with E-state index in [9.17, 15) is 9.59 Å². The van der Waals surface area contributed by atoms with Crippen molar-refractivity contribution in [3.8, 4) is 0 Å². The van der Waals surface area contributed by atoms with Crippen LogP contribution in [0.3, 0.4) is 0 Å². The first kappa shape index (κ1) is 18.6. The van der Waals surface area contributed by atoms with Gasteiger partial charge in [0.2, 0.25) is 5.91 Å². The zero-order valence-electron chi connectivity index (χ0n) is 13.3. The fourth-order valence-electron chi connectivity index (χ4n) is 2.18. The van der Waals surface area contributed by atoms with Gasteiger partial charge in [0.1, 0.15) is 6.29 Å². The molecule has 6 N–H and O–H groups in total. The van der Waals surface area contributed by atoms with Crippen LogP contribution in [0, 0.1) is 5.41 Å². The van der Waals surface area contributed by atoms with Crippen LogP contribution in [0.1, 0.15) is 18.4 Å². The summed E-state index contributed by atoms with van der Waals surface area (Å²) in [5.41, 5.74) is 6.23. The summed E-state index contributed by atoms with van der Waals surface area (Å²) in [4.78, 5) is 23.4. The number of hydrogen-bond acceptors (Lipinski definition) is 4. The maximum Gasteiger partial charge on any atom is 0.238 e. The van der Waals surface area contributed by atoms with Crippen LogP contribution in [0.25, 0.3) is 0 Å². The van der Waals surface area contributed by atoms with Crippen molar-refractivity contribution in [2.75, 3.05) is 13.6 Å². The first-order valence-electron chi connectivity index (χ1n) is 7.61. The SMILES string of the molecule is CNC(Cc1ccccc1)C(=O)NC(C=O)CCCNC(=N)N. The van der Waals surface area contributed by atoms with Crippen molar-refractivity contribution >= 4 is 18.2 Å². The van der Waals surface area contributed by atoms with E-state index in [0.29, 0.717) is 25.8 Å². The number of likely N-dealkylation sites (N-methyl/N-ethyl adjacent to an activating group) is 1. The van der Waals surface area contributed by atoms with Crippen LogP contribution >= 0.6 is 0 Å². The molecule has 0 radical (unpaired) electrons. The number of guanidine groups is 1. The van der Waals surface area contributed by atoms with Gasteiger partial charge in [-0.1, -0.05) is 30.3 Å². The number of hydrogen-bond donors (Lipinski definition) is 5. The Hall–Kier alpha value is -2.41. The van der Waals surface area contributed by atoms with E-state index in [1.807, 2.05) is 30.3 Å². The molecule has 0 bridgehead atoms. The monoisotopic (exact) mass is 319 g/mol. The fourth-order valence-corrected chi connectivity index (χ4v) is 2.18. The molecular formula is C16H25N5O2. The average Bonchev–Trinajstić information content (AvgIpc) is 2.55. The molecule has 7 heteroatoms. The Morgan fingerprint density at radius 2 is 2.04 bits per heavy atom. The van der Waals surface area contributed by atoms with Gasteiger partial charge < -0.3 is 26.5 Å². The minimum Gasteiger partial charge on any atom is -0.370 e.